The van der Waals surface area contributed by atoms with Gasteiger partial charge in [0.2, 0.25) is 5.91 Å². The zero-order valence-electron chi connectivity index (χ0n) is 18.7. The molecule has 1 fully saturated rings. The number of hydrazine groups is 1. The van der Waals surface area contributed by atoms with Crippen molar-refractivity contribution in [2.75, 3.05) is 26.7 Å². The van der Waals surface area contributed by atoms with Crippen LogP contribution in [0.1, 0.15) is 25.9 Å². The second-order valence-electron chi connectivity index (χ2n) is 8.05. The van der Waals surface area contributed by atoms with E-state index in [0.29, 0.717) is 23.7 Å². The molecule has 182 valence electrons. The fourth-order valence-corrected chi connectivity index (χ4v) is 8.13. The zero-order valence-corrected chi connectivity index (χ0v) is 21.1. The third-order valence-corrected chi connectivity index (χ3v) is 10.5. The summed E-state index contributed by atoms with van der Waals surface area (Å²) < 4.78 is 29.2. The number of hydrogen-bond acceptors (Lipinski definition) is 9. The van der Waals surface area contributed by atoms with Gasteiger partial charge in [-0.2, -0.15) is 4.31 Å². The van der Waals surface area contributed by atoms with Crippen LogP contribution in [0.4, 0.5) is 0 Å². The van der Waals surface area contributed by atoms with Crippen LogP contribution in [-0.4, -0.2) is 67.1 Å². The number of amides is 2. The summed E-state index contributed by atoms with van der Waals surface area (Å²) in [7, 11) is -2.42. The molecule has 2 aliphatic heterocycles. The molecule has 0 aliphatic carbocycles. The number of piperazine rings is 1. The Balaban J connectivity index is 1.41. The molecule has 2 amide bonds. The van der Waals surface area contributed by atoms with Crippen LogP contribution in [-0.2, 0) is 27.9 Å². The minimum absolute atomic E-state index is 0.0691. The molecule has 2 aromatic heterocycles. The average Bonchev–Trinajstić information content (AvgIpc) is 3.51. The molecule has 0 radical (unpaired) electrons. The summed E-state index contributed by atoms with van der Waals surface area (Å²) >= 11 is 2.42. The summed E-state index contributed by atoms with van der Waals surface area (Å²) in [5.74, 6) is 1.74. The SMILES string of the molecule is C#Cc1ccc2cc(S(=O)(=O)N3CCN(C(=O)c4nc5c(s4)CNNC5)C(C(=O)NC)C3)sc2c1. The van der Waals surface area contributed by atoms with Gasteiger partial charge in [-0.1, -0.05) is 12.0 Å². The largest absolute Gasteiger partial charge is 0.357 e. The highest BCUT2D eigenvalue weighted by molar-refractivity contribution is 7.91. The van der Waals surface area contributed by atoms with Crippen molar-refractivity contribution >= 4 is 54.6 Å². The predicted molar refractivity (Wildman–Crippen MR) is 133 cm³/mol. The van der Waals surface area contributed by atoms with Gasteiger partial charge in [0.25, 0.3) is 15.9 Å². The summed E-state index contributed by atoms with van der Waals surface area (Å²) in [5, 5.41) is 3.63. The highest BCUT2D eigenvalue weighted by Crippen LogP contribution is 2.33. The number of carbonyl (C=O) groups excluding carboxylic acids is 2. The monoisotopic (exact) mass is 530 g/mol. The van der Waals surface area contributed by atoms with Gasteiger partial charge in [0.15, 0.2) is 5.01 Å². The minimum atomic E-state index is -3.88. The molecule has 35 heavy (non-hydrogen) atoms. The lowest BCUT2D eigenvalue weighted by molar-refractivity contribution is -0.126. The fraction of sp³-hybridized carbons (Fsp3) is 0.318. The molecule has 3 N–H and O–H groups in total. The van der Waals surface area contributed by atoms with E-state index in [0.717, 1.165) is 32.0 Å². The number of nitrogens with zero attached hydrogens (tertiary/aromatic N) is 3. The molecule has 1 atom stereocenters. The minimum Gasteiger partial charge on any atom is -0.357 e. The van der Waals surface area contributed by atoms with Crippen molar-refractivity contribution < 1.29 is 18.0 Å². The van der Waals surface area contributed by atoms with Crippen LogP contribution in [0.15, 0.2) is 28.5 Å². The third kappa shape index (κ3) is 4.33. The van der Waals surface area contributed by atoms with Gasteiger partial charge in [-0.25, -0.2) is 13.4 Å². The van der Waals surface area contributed by atoms with Gasteiger partial charge in [0.1, 0.15) is 10.3 Å². The summed E-state index contributed by atoms with van der Waals surface area (Å²) in [5.41, 5.74) is 7.47. The van der Waals surface area contributed by atoms with Crippen LogP contribution in [0.3, 0.4) is 0 Å². The van der Waals surface area contributed by atoms with E-state index in [2.05, 4.69) is 27.1 Å². The highest BCUT2D eigenvalue weighted by Gasteiger charge is 2.41. The van der Waals surface area contributed by atoms with E-state index in [-0.39, 0.29) is 29.8 Å². The van der Waals surface area contributed by atoms with E-state index in [4.69, 9.17) is 6.42 Å². The van der Waals surface area contributed by atoms with E-state index < -0.39 is 22.0 Å². The average molecular weight is 531 g/mol. The van der Waals surface area contributed by atoms with E-state index in [9.17, 15) is 18.0 Å². The van der Waals surface area contributed by atoms with Gasteiger partial charge < -0.3 is 10.2 Å². The maximum Gasteiger partial charge on any atom is 0.283 e. The Hall–Kier alpha value is -2.86. The first-order chi connectivity index (χ1) is 16.8. The van der Waals surface area contributed by atoms with Crippen molar-refractivity contribution in [2.24, 2.45) is 0 Å². The smallest absolute Gasteiger partial charge is 0.283 e. The van der Waals surface area contributed by atoms with Crippen molar-refractivity contribution in [1.29, 1.82) is 0 Å². The molecule has 2 aliphatic rings. The van der Waals surface area contributed by atoms with E-state index in [1.165, 1.54) is 27.6 Å². The molecule has 0 saturated carbocycles. The Kier molecular flexibility index (Phi) is 6.34. The first-order valence-electron chi connectivity index (χ1n) is 10.8. The number of carbonyl (C=O) groups is 2. The summed E-state index contributed by atoms with van der Waals surface area (Å²) in [6.45, 7) is 1.06. The first-order valence-corrected chi connectivity index (χ1v) is 13.9. The molecule has 1 saturated heterocycles. The second kappa shape index (κ2) is 9.30. The molecule has 3 aromatic rings. The van der Waals surface area contributed by atoms with E-state index in [1.807, 2.05) is 0 Å². The number of hydrogen-bond donors (Lipinski definition) is 3. The Morgan fingerprint density at radius 1 is 1.20 bits per heavy atom. The van der Waals surface area contributed by atoms with Crippen LogP contribution in [0, 0.1) is 12.3 Å². The standard InChI is InChI=1S/C22H22N6O4S3/c1-3-13-4-5-14-9-19(33-17(14)8-13)35(31,32)27-6-7-28(16(12-27)20(29)23-2)22(30)21-26-15-10-24-25-11-18(15)34-21/h1,4-5,8-9,16,24-25H,6-7,10-12H2,2H3,(H,23,29). The summed E-state index contributed by atoms with van der Waals surface area (Å²) in [4.78, 5) is 32.9. The normalized spacial score (nSPS) is 18.7. The summed E-state index contributed by atoms with van der Waals surface area (Å²) in [6, 6.07) is 5.98. The first kappa shape index (κ1) is 23.9. The quantitative estimate of drug-likeness (QED) is 0.425. The molecule has 10 nitrogen and oxygen atoms in total. The molecule has 13 heteroatoms. The topological polar surface area (TPSA) is 124 Å². The van der Waals surface area contributed by atoms with Crippen LogP contribution in [0.5, 0.6) is 0 Å². The van der Waals surface area contributed by atoms with Crippen molar-refractivity contribution in [3.8, 4) is 12.3 Å². The lowest BCUT2D eigenvalue weighted by Gasteiger charge is -2.39. The lowest BCUT2D eigenvalue weighted by atomic mass is 10.1. The summed E-state index contributed by atoms with van der Waals surface area (Å²) in [6.07, 6.45) is 5.46. The number of terminal acetylenes is 1. The van der Waals surface area contributed by atoms with E-state index >= 15 is 0 Å². The maximum absolute atomic E-state index is 13.5. The van der Waals surface area contributed by atoms with Gasteiger partial charge in [0, 0.05) is 48.4 Å². The number of nitrogens with one attached hydrogen (secondary N) is 3. The highest BCUT2D eigenvalue weighted by atomic mass is 32.2. The number of sulfonamides is 1. The molecule has 4 heterocycles. The van der Waals surface area contributed by atoms with Gasteiger partial charge in [-0.15, -0.1) is 29.1 Å². The number of likely N-dealkylation sites (N-methyl/N-ethyl adjacent to an activating group) is 1. The van der Waals surface area contributed by atoms with Gasteiger partial charge in [0.05, 0.1) is 12.2 Å². The molecule has 1 aromatic carbocycles. The molecular formula is C22H22N6O4S3. The fourth-order valence-electron chi connectivity index (χ4n) is 4.12. The Bertz CT molecular complexity index is 1450. The van der Waals surface area contributed by atoms with Gasteiger partial charge >= 0.3 is 0 Å². The number of fused-ring (bicyclic) bond motifs is 2. The molecule has 0 bridgehead atoms. The predicted octanol–water partition coefficient (Wildman–Crippen LogP) is 0.708. The van der Waals surface area contributed by atoms with Crippen LogP contribution >= 0.6 is 22.7 Å². The van der Waals surface area contributed by atoms with E-state index in [1.54, 1.807) is 24.3 Å². The second-order valence-corrected chi connectivity index (χ2v) is 12.4. The molecule has 1 unspecified atom stereocenters. The number of thiophene rings is 1. The lowest BCUT2D eigenvalue weighted by Crippen LogP contribution is -2.61. The number of aromatic nitrogens is 1. The van der Waals surface area contributed by atoms with Gasteiger partial charge in [-0.05, 0) is 23.6 Å². The molecule has 0 spiro atoms. The van der Waals surface area contributed by atoms with Crippen molar-refractivity contribution in [1.82, 2.24) is 30.4 Å². The molecular weight excluding hydrogens is 508 g/mol. The van der Waals surface area contributed by atoms with Crippen LogP contribution in [0.2, 0.25) is 0 Å². The van der Waals surface area contributed by atoms with Gasteiger partial charge in [-0.3, -0.25) is 20.4 Å². The maximum atomic E-state index is 13.5. The van der Waals surface area contributed by atoms with Crippen LogP contribution < -0.4 is 16.2 Å². The Morgan fingerprint density at radius 2 is 2.00 bits per heavy atom. The number of benzene rings is 1. The van der Waals surface area contributed by atoms with Crippen molar-refractivity contribution in [3.63, 3.8) is 0 Å². The Morgan fingerprint density at radius 3 is 2.74 bits per heavy atom. The van der Waals surface area contributed by atoms with Crippen molar-refractivity contribution in [3.05, 3.63) is 45.4 Å². The van der Waals surface area contributed by atoms with Crippen molar-refractivity contribution in [2.45, 2.75) is 23.3 Å². The Labute approximate surface area is 210 Å². The number of thiazole rings is 1. The zero-order chi connectivity index (χ0) is 24.7. The molecule has 5 rings (SSSR count). The number of rotatable bonds is 4. The third-order valence-electron chi connectivity index (χ3n) is 6.00. The van der Waals surface area contributed by atoms with Crippen LogP contribution in [0.25, 0.3) is 10.1 Å².